The van der Waals surface area contributed by atoms with Crippen molar-refractivity contribution in [3.05, 3.63) is 59.2 Å². The molecule has 0 aliphatic carbocycles. The van der Waals surface area contributed by atoms with Crippen LogP contribution in [0.5, 0.6) is 0 Å². The predicted molar refractivity (Wildman–Crippen MR) is 85.6 cm³/mol. The highest BCUT2D eigenvalue weighted by molar-refractivity contribution is 5.98. The molecule has 0 aromatic heterocycles. The van der Waals surface area contributed by atoms with Crippen molar-refractivity contribution in [3.8, 4) is 0 Å². The molecule has 0 radical (unpaired) electrons. The minimum absolute atomic E-state index is 0.389. The lowest BCUT2D eigenvalue weighted by atomic mass is 10.1. The Labute approximate surface area is 124 Å². The number of nitrogen functional groups attached to an aromatic ring is 1. The second-order valence-electron chi connectivity index (χ2n) is 4.93. The maximum Gasteiger partial charge on any atom is 0.340 e. The fourth-order valence-corrected chi connectivity index (χ4v) is 2.25. The van der Waals surface area contributed by atoms with Crippen molar-refractivity contribution in [2.24, 2.45) is 0 Å². The number of para-hydroxylation sites is 1. The number of nitrogens with one attached hydrogen (secondary N) is 1. The van der Waals surface area contributed by atoms with Crippen LogP contribution >= 0.6 is 0 Å². The largest absolute Gasteiger partial charge is 0.465 e. The maximum absolute atomic E-state index is 11.7. The molecule has 0 amide bonds. The zero-order valence-corrected chi connectivity index (χ0v) is 12.3. The smallest absolute Gasteiger partial charge is 0.340 e. The average molecular weight is 284 g/mol. The Hall–Kier alpha value is -2.49. The number of carbonyl (C=O) groups excluding carboxylic acids is 1. The summed E-state index contributed by atoms with van der Waals surface area (Å²) in [7, 11) is 1.36. The first-order valence-electron chi connectivity index (χ1n) is 6.88. The van der Waals surface area contributed by atoms with Gasteiger partial charge in [-0.2, -0.15) is 0 Å². The number of aryl methyl sites for hydroxylation is 1. The van der Waals surface area contributed by atoms with E-state index in [9.17, 15) is 4.79 Å². The van der Waals surface area contributed by atoms with Crippen molar-refractivity contribution in [2.45, 2.75) is 13.3 Å². The number of carbonyl (C=O) groups is 1. The van der Waals surface area contributed by atoms with Crippen LogP contribution in [-0.4, -0.2) is 19.6 Å². The predicted octanol–water partition coefficient (Wildman–Crippen LogP) is 3.02. The Morgan fingerprint density at radius 2 is 2.00 bits per heavy atom. The van der Waals surface area contributed by atoms with E-state index in [1.54, 1.807) is 18.2 Å². The molecule has 0 unspecified atom stereocenters. The van der Waals surface area contributed by atoms with E-state index >= 15 is 0 Å². The van der Waals surface area contributed by atoms with Gasteiger partial charge in [-0.25, -0.2) is 4.79 Å². The molecule has 2 aromatic carbocycles. The molecular weight excluding hydrogens is 264 g/mol. The van der Waals surface area contributed by atoms with Crippen molar-refractivity contribution in [1.82, 2.24) is 0 Å². The second-order valence-corrected chi connectivity index (χ2v) is 4.93. The summed E-state index contributed by atoms with van der Waals surface area (Å²) >= 11 is 0. The van der Waals surface area contributed by atoms with Crippen LogP contribution < -0.4 is 11.1 Å². The molecule has 0 aliphatic heterocycles. The SMILES string of the molecule is COC(=O)c1cccc(N)c1NCCc1cccc(C)c1. The summed E-state index contributed by atoms with van der Waals surface area (Å²) in [5.41, 5.74) is 10.1. The highest BCUT2D eigenvalue weighted by atomic mass is 16.5. The van der Waals surface area contributed by atoms with Crippen LogP contribution in [0.3, 0.4) is 0 Å². The van der Waals surface area contributed by atoms with Gasteiger partial charge in [0.2, 0.25) is 0 Å². The van der Waals surface area contributed by atoms with E-state index in [1.807, 2.05) is 6.07 Å². The van der Waals surface area contributed by atoms with E-state index in [1.165, 1.54) is 18.2 Å². The molecule has 0 spiro atoms. The van der Waals surface area contributed by atoms with Gasteiger partial charge in [0.25, 0.3) is 0 Å². The molecule has 110 valence electrons. The van der Waals surface area contributed by atoms with Gasteiger partial charge in [0.1, 0.15) is 0 Å². The third kappa shape index (κ3) is 3.75. The summed E-state index contributed by atoms with van der Waals surface area (Å²) in [6.45, 7) is 2.77. The third-order valence-corrected chi connectivity index (χ3v) is 3.30. The standard InChI is InChI=1S/C17H20N2O2/c1-12-5-3-6-13(11-12)9-10-19-16-14(17(20)21-2)7-4-8-15(16)18/h3-8,11,19H,9-10,18H2,1-2H3. The van der Waals surface area contributed by atoms with Gasteiger partial charge < -0.3 is 15.8 Å². The molecule has 0 fully saturated rings. The number of methoxy groups -OCH3 is 1. The lowest BCUT2D eigenvalue weighted by Crippen LogP contribution is -2.12. The lowest BCUT2D eigenvalue weighted by molar-refractivity contribution is 0.0602. The number of hydrogen-bond acceptors (Lipinski definition) is 4. The summed E-state index contributed by atoms with van der Waals surface area (Å²) in [5, 5.41) is 3.24. The van der Waals surface area contributed by atoms with E-state index in [2.05, 4.69) is 30.4 Å². The maximum atomic E-state index is 11.7. The lowest BCUT2D eigenvalue weighted by Gasteiger charge is -2.13. The van der Waals surface area contributed by atoms with Crippen LogP contribution in [-0.2, 0) is 11.2 Å². The Morgan fingerprint density at radius 1 is 1.24 bits per heavy atom. The van der Waals surface area contributed by atoms with Gasteiger partial charge in [0, 0.05) is 6.54 Å². The van der Waals surface area contributed by atoms with Gasteiger partial charge >= 0.3 is 5.97 Å². The molecule has 4 nitrogen and oxygen atoms in total. The summed E-state index contributed by atoms with van der Waals surface area (Å²) in [5.74, 6) is -0.389. The monoisotopic (exact) mass is 284 g/mol. The van der Waals surface area contributed by atoms with E-state index in [4.69, 9.17) is 10.5 Å². The van der Waals surface area contributed by atoms with Crippen LogP contribution in [0, 0.1) is 6.92 Å². The highest BCUT2D eigenvalue weighted by Crippen LogP contribution is 2.24. The first kappa shape index (κ1) is 14.9. The van der Waals surface area contributed by atoms with Crippen LogP contribution in [0.4, 0.5) is 11.4 Å². The van der Waals surface area contributed by atoms with Crippen LogP contribution in [0.2, 0.25) is 0 Å². The number of anilines is 2. The normalized spacial score (nSPS) is 10.2. The van der Waals surface area contributed by atoms with Crippen molar-refractivity contribution in [1.29, 1.82) is 0 Å². The number of rotatable bonds is 5. The van der Waals surface area contributed by atoms with Gasteiger partial charge in [0.15, 0.2) is 0 Å². The fourth-order valence-electron chi connectivity index (χ4n) is 2.25. The Kier molecular flexibility index (Phi) is 4.82. The molecule has 0 aliphatic rings. The Bertz CT molecular complexity index is 638. The highest BCUT2D eigenvalue weighted by Gasteiger charge is 2.13. The van der Waals surface area contributed by atoms with E-state index < -0.39 is 0 Å². The van der Waals surface area contributed by atoms with Gasteiger partial charge in [-0.1, -0.05) is 35.9 Å². The first-order valence-corrected chi connectivity index (χ1v) is 6.88. The number of nitrogens with two attached hydrogens (primary N) is 1. The molecule has 4 heteroatoms. The quantitative estimate of drug-likeness (QED) is 0.654. The molecule has 21 heavy (non-hydrogen) atoms. The molecule has 3 N–H and O–H groups in total. The number of hydrogen-bond donors (Lipinski definition) is 2. The number of esters is 1. The fraction of sp³-hybridized carbons (Fsp3) is 0.235. The van der Waals surface area contributed by atoms with E-state index in [0.717, 1.165) is 6.42 Å². The average Bonchev–Trinajstić information content (AvgIpc) is 2.48. The zero-order chi connectivity index (χ0) is 15.2. The van der Waals surface area contributed by atoms with Crippen molar-refractivity contribution < 1.29 is 9.53 Å². The van der Waals surface area contributed by atoms with Crippen molar-refractivity contribution in [2.75, 3.05) is 24.7 Å². The molecule has 0 saturated carbocycles. The van der Waals surface area contributed by atoms with E-state index in [0.29, 0.717) is 23.5 Å². The van der Waals surface area contributed by atoms with Gasteiger partial charge in [-0.05, 0) is 31.0 Å². The van der Waals surface area contributed by atoms with Crippen LogP contribution in [0.15, 0.2) is 42.5 Å². The third-order valence-electron chi connectivity index (χ3n) is 3.30. The minimum atomic E-state index is -0.389. The second kappa shape index (κ2) is 6.79. The Morgan fingerprint density at radius 3 is 2.71 bits per heavy atom. The first-order chi connectivity index (χ1) is 10.1. The molecule has 0 heterocycles. The summed E-state index contributed by atoms with van der Waals surface area (Å²) in [4.78, 5) is 11.7. The van der Waals surface area contributed by atoms with Crippen molar-refractivity contribution in [3.63, 3.8) is 0 Å². The number of benzene rings is 2. The molecule has 0 saturated heterocycles. The molecule has 0 atom stereocenters. The Balaban J connectivity index is 2.08. The molecular formula is C17H20N2O2. The van der Waals surface area contributed by atoms with Crippen molar-refractivity contribution >= 4 is 17.3 Å². The summed E-state index contributed by atoms with van der Waals surface area (Å²) < 4.78 is 4.78. The van der Waals surface area contributed by atoms with Gasteiger partial charge in [-0.3, -0.25) is 0 Å². The zero-order valence-electron chi connectivity index (χ0n) is 12.3. The summed E-state index contributed by atoms with van der Waals surface area (Å²) in [6.07, 6.45) is 0.858. The van der Waals surface area contributed by atoms with E-state index in [-0.39, 0.29) is 5.97 Å². The van der Waals surface area contributed by atoms with Gasteiger partial charge in [-0.15, -0.1) is 0 Å². The molecule has 2 aromatic rings. The summed E-state index contributed by atoms with van der Waals surface area (Å²) in [6, 6.07) is 13.6. The minimum Gasteiger partial charge on any atom is -0.465 e. The molecule has 2 rings (SSSR count). The topological polar surface area (TPSA) is 64.3 Å². The number of ether oxygens (including phenoxy) is 1. The van der Waals surface area contributed by atoms with Gasteiger partial charge in [0.05, 0.1) is 24.0 Å². The molecule has 0 bridgehead atoms. The van der Waals surface area contributed by atoms with Crippen LogP contribution in [0.25, 0.3) is 0 Å². The van der Waals surface area contributed by atoms with Crippen LogP contribution in [0.1, 0.15) is 21.5 Å².